The summed E-state index contributed by atoms with van der Waals surface area (Å²) in [6.45, 7) is 1.98. The fraction of sp³-hybridized carbons (Fsp3) is 0.286. The molecule has 0 fully saturated rings. The summed E-state index contributed by atoms with van der Waals surface area (Å²) in [6, 6.07) is 6.81. The van der Waals surface area contributed by atoms with E-state index in [2.05, 4.69) is 5.32 Å². The van der Waals surface area contributed by atoms with E-state index in [9.17, 15) is 8.78 Å². The molecule has 1 aromatic carbocycles. The lowest BCUT2D eigenvalue weighted by molar-refractivity contribution is 0.432. The van der Waals surface area contributed by atoms with Crippen molar-refractivity contribution in [1.29, 1.82) is 0 Å². The SMILES string of the molecule is CCc1ccc(C(NC)c2cc(F)cc(F)c2)o1. The van der Waals surface area contributed by atoms with Crippen LogP contribution in [-0.4, -0.2) is 7.05 Å². The number of halogens is 2. The molecule has 0 aliphatic heterocycles. The van der Waals surface area contributed by atoms with Crippen molar-refractivity contribution in [2.45, 2.75) is 19.4 Å². The number of benzene rings is 1. The van der Waals surface area contributed by atoms with Gasteiger partial charge in [-0.3, -0.25) is 0 Å². The van der Waals surface area contributed by atoms with E-state index in [0.717, 1.165) is 18.2 Å². The van der Waals surface area contributed by atoms with Crippen LogP contribution < -0.4 is 5.32 Å². The average molecular weight is 251 g/mol. The second kappa shape index (κ2) is 5.31. The fourth-order valence-electron chi connectivity index (χ4n) is 1.95. The van der Waals surface area contributed by atoms with E-state index < -0.39 is 11.6 Å². The Labute approximate surface area is 105 Å². The van der Waals surface area contributed by atoms with Crippen molar-refractivity contribution in [2.75, 3.05) is 7.05 Å². The van der Waals surface area contributed by atoms with Gasteiger partial charge in [-0.2, -0.15) is 0 Å². The molecule has 1 heterocycles. The quantitative estimate of drug-likeness (QED) is 0.900. The van der Waals surface area contributed by atoms with Gasteiger partial charge in [-0.25, -0.2) is 8.78 Å². The lowest BCUT2D eigenvalue weighted by Crippen LogP contribution is -2.17. The van der Waals surface area contributed by atoms with Gasteiger partial charge in [-0.05, 0) is 36.9 Å². The molecule has 18 heavy (non-hydrogen) atoms. The summed E-state index contributed by atoms with van der Waals surface area (Å²) in [5, 5.41) is 3.00. The van der Waals surface area contributed by atoms with Crippen LogP contribution in [0, 0.1) is 11.6 Å². The Morgan fingerprint density at radius 2 is 1.83 bits per heavy atom. The maximum absolute atomic E-state index is 13.2. The summed E-state index contributed by atoms with van der Waals surface area (Å²) in [6.07, 6.45) is 0.786. The lowest BCUT2D eigenvalue weighted by Gasteiger charge is -2.14. The molecule has 0 aliphatic rings. The van der Waals surface area contributed by atoms with Gasteiger partial charge < -0.3 is 9.73 Å². The monoisotopic (exact) mass is 251 g/mol. The van der Waals surface area contributed by atoms with E-state index >= 15 is 0 Å². The fourth-order valence-corrected chi connectivity index (χ4v) is 1.95. The minimum Gasteiger partial charge on any atom is -0.464 e. The van der Waals surface area contributed by atoms with Gasteiger partial charge in [0.15, 0.2) is 0 Å². The van der Waals surface area contributed by atoms with Crippen LogP contribution in [-0.2, 0) is 6.42 Å². The largest absolute Gasteiger partial charge is 0.464 e. The number of aryl methyl sites for hydroxylation is 1. The molecule has 0 saturated carbocycles. The van der Waals surface area contributed by atoms with Crippen molar-refractivity contribution in [1.82, 2.24) is 5.32 Å². The maximum atomic E-state index is 13.2. The zero-order valence-corrected chi connectivity index (χ0v) is 10.3. The molecule has 1 atom stereocenters. The predicted octanol–water partition coefficient (Wildman–Crippen LogP) is 3.43. The molecular weight excluding hydrogens is 236 g/mol. The van der Waals surface area contributed by atoms with Gasteiger partial charge in [0.2, 0.25) is 0 Å². The Balaban J connectivity index is 2.38. The number of furan rings is 1. The van der Waals surface area contributed by atoms with E-state index in [1.54, 1.807) is 7.05 Å². The zero-order chi connectivity index (χ0) is 13.1. The van der Waals surface area contributed by atoms with Crippen molar-refractivity contribution in [3.63, 3.8) is 0 Å². The molecule has 0 radical (unpaired) electrons. The van der Waals surface area contributed by atoms with Crippen LogP contribution in [0.25, 0.3) is 0 Å². The number of nitrogens with one attached hydrogen (secondary N) is 1. The molecule has 0 saturated heterocycles. The van der Waals surface area contributed by atoms with Crippen molar-refractivity contribution < 1.29 is 13.2 Å². The first-order chi connectivity index (χ1) is 8.63. The van der Waals surface area contributed by atoms with Crippen LogP contribution in [0.4, 0.5) is 8.78 Å². The van der Waals surface area contributed by atoms with Crippen LogP contribution in [0.15, 0.2) is 34.7 Å². The highest BCUT2D eigenvalue weighted by atomic mass is 19.1. The summed E-state index contributed by atoms with van der Waals surface area (Å²) in [5.41, 5.74) is 0.506. The van der Waals surface area contributed by atoms with Gasteiger partial charge in [-0.1, -0.05) is 6.92 Å². The molecule has 2 nitrogen and oxygen atoms in total. The topological polar surface area (TPSA) is 25.2 Å². The number of rotatable bonds is 4. The summed E-state index contributed by atoms with van der Waals surface area (Å²) < 4.78 is 32.0. The van der Waals surface area contributed by atoms with Crippen molar-refractivity contribution in [2.24, 2.45) is 0 Å². The van der Waals surface area contributed by atoms with Crippen molar-refractivity contribution in [3.05, 3.63) is 59.1 Å². The van der Waals surface area contributed by atoms with Crippen molar-refractivity contribution >= 4 is 0 Å². The molecule has 96 valence electrons. The molecule has 0 aliphatic carbocycles. The van der Waals surface area contributed by atoms with Gasteiger partial charge in [0.05, 0.1) is 6.04 Å². The Bertz CT molecular complexity index is 516. The normalized spacial score (nSPS) is 12.7. The third kappa shape index (κ3) is 2.59. The molecule has 2 aromatic rings. The highest BCUT2D eigenvalue weighted by molar-refractivity contribution is 5.28. The summed E-state index contributed by atoms with van der Waals surface area (Å²) in [7, 11) is 1.72. The van der Waals surface area contributed by atoms with Gasteiger partial charge in [0.25, 0.3) is 0 Å². The molecule has 0 spiro atoms. The second-order valence-corrected chi connectivity index (χ2v) is 4.08. The average Bonchev–Trinajstić information content (AvgIpc) is 2.77. The van der Waals surface area contributed by atoms with Crippen molar-refractivity contribution in [3.8, 4) is 0 Å². The Hall–Kier alpha value is -1.68. The summed E-state index contributed by atoms with van der Waals surface area (Å²) in [5.74, 6) is 0.321. The van der Waals surface area contributed by atoms with E-state index in [1.165, 1.54) is 12.1 Å². The van der Waals surface area contributed by atoms with Gasteiger partial charge >= 0.3 is 0 Å². The summed E-state index contributed by atoms with van der Waals surface area (Å²) in [4.78, 5) is 0. The Morgan fingerprint density at radius 3 is 2.33 bits per heavy atom. The van der Waals surface area contributed by atoms with Crippen LogP contribution >= 0.6 is 0 Å². The van der Waals surface area contributed by atoms with Crippen LogP contribution in [0.2, 0.25) is 0 Å². The molecule has 4 heteroatoms. The minimum atomic E-state index is -0.590. The third-order valence-electron chi connectivity index (χ3n) is 2.82. The molecular formula is C14H15F2NO. The number of hydrogen-bond acceptors (Lipinski definition) is 2. The first kappa shape index (κ1) is 12.8. The standard InChI is InChI=1S/C14H15F2NO/c1-3-12-4-5-13(18-12)14(17-2)9-6-10(15)8-11(16)7-9/h4-8,14,17H,3H2,1-2H3. The second-order valence-electron chi connectivity index (χ2n) is 4.08. The van der Waals surface area contributed by atoms with Gasteiger partial charge in [0, 0.05) is 12.5 Å². The van der Waals surface area contributed by atoms with Crippen LogP contribution in [0.5, 0.6) is 0 Å². The predicted molar refractivity (Wildman–Crippen MR) is 65.3 cm³/mol. The van der Waals surface area contributed by atoms with E-state index in [-0.39, 0.29) is 6.04 Å². The summed E-state index contributed by atoms with van der Waals surface area (Å²) >= 11 is 0. The number of hydrogen-bond donors (Lipinski definition) is 1. The van der Waals surface area contributed by atoms with Gasteiger partial charge in [0.1, 0.15) is 23.2 Å². The first-order valence-electron chi connectivity index (χ1n) is 5.86. The highest BCUT2D eigenvalue weighted by Crippen LogP contribution is 2.25. The molecule has 1 aromatic heterocycles. The molecule has 1 unspecified atom stereocenters. The smallest absolute Gasteiger partial charge is 0.126 e. The maximum Gasteiger partial charge on any atom is 0.126 e. The van der Waals surface area contributed by atoms with E-state index in [4.69, 9.17) is 4.42 Å². The Morgan fingerprint density at radius 1 is 1.17 bits per heavy atom. The lowest BCUT2D eigenvalue weighted by atomic mass is 10.0. The molecule has 1 N–H and O–H groups in total. The molecule has 0 amide bonds. The van der Waals surface area contributed by atoms with Crippen LogP contribution in [0.3, 0.4) is 0 Å². The van der Waals surface area contributed by atoms with E-state index in [1.807, 2.05) is 19.1 Å². The zero-order valence-electron chi connectivity index (χ0n) is 10.3. The van der Waals surface area contributed by atoms with E-state index in [0.29, 0.717) is 11.3 Å². The van der Waals surface area contributed by atoms with Gasteiger partial charge in [-0.15, -0.1) is 0 Å². The molecule has 0 bridgehead atoms. The Kier molecular flexibility index (Phi) is 3.77. The first-order valence-corrected chi connectivity index (χ1v) is 5.86. The highest BCUT2D eigenvalue weighted by Gasteiger charge is 2.17. The minimum absolute atomic E-state index is 0.351. The molecule has 2 rings (SSSR count). The van der Waals surface area contributed by atoms with Crippen LogP contribution in [0.1, 0.15) is 30.0 Å². The third-order valence-corrected chi connectivity index (χ3v) is 2.82.